The average molecular weight is 586 g/mol. The van der Waals surface area contributed by atoms with Gasteiger partial charge in [-0.15, -0.1) is 0 Å². The number of nitrogens with zero attached hydrogens (tertiary/aromatic N) is 3. The van der Waals surface area contributed by atoms with Crippen LogP contribution in [-0.4, -0.2) is 56.9 Å². The third kappa shape index (κ3) is 4.15. The Morgan fingerprint density at radius 2 is 1.89 bits per heavy atom. The first-order valence-corrected chi connectivity index (χ1v) is 16.8. The van der Waals surface area contributed by atoms with E-state index in [0.717, 1.165) is 22.6 Å². The first-order chi connectivity index (χ1) is 16.6. The van der Waals surface area contributed by atoms with Crippen molar-refractivity contribution >= 4 is 25.7 Å². The second-order valence-corrected chi connectivity index (χ2v) is 15.3. The summed E-state index contributed by atoms with van der Waals surface area (Å²) in [5.41, 5.74) is 2.75. The van der Waals surface area contributed by atoms with E-state index in [1.54, 1.807) is 24.3 Å². The summed E-state index contributed by atoms with van der Waals surface area (Å²) >= 11 is -1.42. The molecule has 1 amide bonds. The molecule has 6 nitrogen and oxygen atoms in total. The van der Waals surface area contributed by atoms with Gasteiger partial charge in [0.25, 0.3) is 0 Å². The number of nitrogens with one attached hydrogen (secondary N) is 1. The number of carbonyl (C=O) groups is 1. The molecular weight excluding hydrogens is 558 g/mol. The third-order valence-electron chi connectivity index (χ3n) is 6.89. The maximum absolute atomic E-state index is 15.4. The molecule has 3 aromatic rings. The second-order valence-electron chi connectivity index (χ2n) is 9.90. The summed E-state index contributed by atoms with van der Waals surface area (Å²) in [4.78, 5) is 28.0. The second kappa shape index (κ2) is 8.71. The SMILES string of the molecule is Cc1ccc(C(=O)N2CC(F)(c3ccc(C#N)cc3)C2)cc1-c1nc(C2(C)COC2)[nH]c1I(C)C. The van der Waals surface area contributed by atoms with Crippen LogP contribution in [0.3, 0.4) is 0 Å². The summed E-state index contributed by atoms with van der Waals surface area (Å²) in [6, 6.07) is 14.2. The number of carbonyl (C=O) groups excluding carboxylic acids is 1. The number of aryl methyl sites for hydroxylation is 1. The van der Waals surface area contributed by atoms with Crippen molar-refractivity contribution in [2.75, 3.05) is 36.2 Å². The number of likely N-dealkylation sites (tertiary alicyclic amines) is 1. The number of hydrogen-bond acceptors (Lipinski definition) is 4. The number of rotatable bonds is 5. The number of ether oxygens (including phenoxy) is 1. The molecule has 8 heteroatoms. The molecule has 5 rings (SSSR count). The van der Waals surface area contributed by atoms with Gasteiger partial charge in [0.2, 0.25) is 0 Å². The van der Waals surface area contributed by atoms with Gasteiger partial charge in [0.05, 0.1) is 11.6 Å². The summed E-state index contributed by atoms with van der Waals surface area (Å²) in [6.07, 6.45) is 0. The van der Waals surface area contributed by atoms with Gasteiger partial charge in [0, 0.05) is 0 Å². The van der Waals surface area contributed by atoms with Crippen LogP contribution in [0.1, 0.15) is 39.8 Å². The molecule has 2 fully saturated rings. The molecular formula is C27H28FIN4O2. The van der Waals surface area contributed by atoms with Crippen LogP contribution in [-0.2, 0) is 15.8 Å². The quantitative estimate of drug-likeness (QED) is 0.344. The van der Waals surface area contributed by atoms with Gasteiger partial charge in [0.15, 0.2) is 0 Å². The molecule has 0 saturated carbocycles. The fourth-order valence-electron chi connectivity index (χ4n) is 4.56. The Morgan fingerprint density at radius 3 is 2.46 bits per heavy atom. The zero-order valence-corrected chi connectivity index (χ0v) is 22.4. The average Bonchev–Trinajstić information content (AvgIpc) is 3.26. The predicted octanol–water partition coefficient (Wildman–Crippen LogP) is 4.80. The Hall–Kier alpha value is -2.77. The Bertz CT molecular complexity index is 1330. The number of amides is 1. The normalized spacial score (nSPS) is 18.3. The van der Waals surface area contributed by atoms with E-state index in [4.69, 9.17) is 15.0 Å². The molecule has 0 bridgehead atoms. The summed E-state index contributed by atoms with van der Waals surface area (Å²) in [7, 11) is 0. The minimum absolute atomic E-state index is 0.00308. The number of imidazole rings is 1. The topological polar surface area (TPSA) is 82.0 Å². The standard InChI is InChI=1S/C27H28FIN4O2/c1-17-5-8-19(24(34)33-13-27(28,14-33)20-9-6-18(12-30)7-10-20)11-21(17)22-23(29(3)4)32-25(31-22)26(2)15-35-16-26/h5-11H,13-16H2,1-4H3,(H,31,32). The third-order valence-corrected chi connectivity index (χ3v) is 9.83. The molecule has 1 aromatic heterocycles. The van der Waals surface area contributed by atoms with Gasteiger partial charge < -0.3 is 0 Å². The van der Waals surface area contributed by atoms with Crippen molar-refractivity contribution in [2.45, 2.75) is 24.9 Å². The van der Waals surface area contributed by atoms with Gasteiger partial charge in [-0.25, -0.2) is 0 Å². The zero-order chi connectivity index (χ0) is 25.0. The molecule has 1 N–H and O–H groups in total. The fourth-order valence-corrected chi connectivity index (χ4v) is 6.78. The van der Waals surface area contributed by atoms with Crippen molar-refractivity contribution in [3.8, 4) is 17.3 Å². The van der Waals surface area contributed by atoms with E-state index in [-0.39, 0.29) is 24.4 Å². The molecule has 182 valence electrons. The number of aromatic nitrogens is 2. The van der Waals surface area contributed by atoms with Gasteiger partial charge in [-0.05, 0) is 0 Å². The van der Waals surface area contributed by atoms with Crippen molar-refractivity contribution in [3.63, 3.8) is 0 Å². The molecule has 0 unspecified atom stereocenters. The molecule has 2 aromatic carbocycles. The molecule has 0 aliphatic carbocycles. The monoisotopic (exact) mass is 586 g/mol. The van der Waals surface area contributed by atoms with Crippen LogP contribution in [0.2, 0.25) is 0 Å². The Balaban J connectivity index is 1.40. The number of nitriles is 1. The number of hydrogen-bond donors (Lipinski definition) is 1. The predicted molar refractivity (Wildman–Crippen MR) is 141 cm³/mol. The minimum atomic E-state index is -1.59. The van der Waals surface area contributed by atoms with E-state index in [9.17, 15) is 4.79 Å². The van der Waals surface area contributed by atoms with Crippen LogP contribution in [0.15, 0.2) is 42.5 Å². The molecule has 0 atom stereocenters. The van der Waals surface area contributed by atoms with Crippen molar-refractivity contribution in [1.82, 2.24) is 14.9 Å². The first-order valence-electron chi connectivity index (χ1n) is 11.4. The zero-order valence-electron chi connectivity index (χ0n) is 20.3. The number of halogens is 2. The number of aromatic amines is 1. The summed E-state index contributed by atoms with van der Waals surface area (Å²) < 4.78 is 22.0. The fraction of sp³-hybridized carbons (Fsp3) is 0.370. The van der Waals surface area contributed by atoms with Crippen LogP contribution in [0.4, 0.5) is 4.39 Å². The summed E-state index contributed by atoms with van der Waals surface area (Å²) in [5.74, 6) is 0.761. The molecule has 2 saturated heterocycles. The summed E-state index contributed by atoms with van der Waals surface area (Å²) in [5, 5.41) is 8.97. The molecule has 0 spiro atoms. The van der Waals surface area contributed by atoms with Gasteiger partial charge in [0.1, 0.15) is 0 Å². The van der Waals surface area contributed by atoms with E-state index >= 15 is 4.39 Å². The van der Waals surface area contributed by atoms with E-state index in [0.29, 0.717) is 29.9 Å². The first kappa shape index (κ1) is 23.9. The van der Waals surface area contributed by atoms with Crippen LogP contribution in [0.25, 0.3) is 11.3 Å². The van der Waals surface area contributed by atoms with E-state index < -0.39 is 25.5 Å². The van der Waals surface area contributed by atoms with Crippen LogP contribution < -0.4 is 0 Å². The molecule has 3 heterocycles. The van der Waals surface area contributed by atoms with Gasteiger partial charge >= 0.3 is 196 Å². The van der Waals surface area contributed by atoms with Crippen LogP contribution >= 0.6 is 19.8 Å². The molecule has 0 radical (unpaired) electrons. The van der Waals surface area contributed by atoms with Crippen molar-refractivity contribution in [3.05, 3.63) is 74.2 Å². The molecule has 2 aliphatic rings. The van der Waals surface area contributed by atoms with Crippen molar-refractivity contribution in [1.29, 1.82) is 5.26 Å². The van der Waals surface area contributed by atoms with Crippen LogP contribution in [0.5, 0.6) is 0 Å². The Morgan fingerprint density at radius 1 is 1.20 bits per heavy atom. The van der Waals surface area contributed by atoms with Gasteiger partial charge in [-0.1, -0.05) is 0 Å². The maximum atomic E-state index is 15.4. The van der Waals surface area contributed by atoms with Gasteiger partial charge in [-0.2, -0.15) is 5.26 Å². The Labute approximate surface area is 211 Å². The van der Waals surface area contributed by atoms with E-state index in [2.05, 4.69) is 21.8 Å². The van der Waals surface area contributed by atoms with Gasteiger partial charge in [-0.3, -0.25) is 0 Å². The van der Waals surface area contributed by atoms with Crippen molar-refractivity contribution in [2.24, 2.45) is 0 Å². The van der Waals surface area contributed by atoms with E-state index in [1.807, 2.05) is 31.2 Å². The Kier molecular flexibility index (Phi) is 5.96. The molecule has 35 heavy (non-hydrogen) atoms. The van der Waals surface area contributed by atoms with Crippen LogP contribution in [0, 0.1) is 22.0 Å². The number of H-pyrrole nitrogens is 1. The van der Waals surface area contributed by atoms with Crippen molar-refractivity contribution < 1.29 is 13.9 Å². The van der Waals surface area contributed by atoms with E-state index in [1.165, 1.54) is 8.60 Å². The number of alkyl halides is 3. The summed E-state index contributed by atoms with van der Waals surface area (Å²) in [6.45, 7) is 5.48. The number of benzene rings is 2. The molecule has 2 aliphatic heterocycles.